The Morgan fingerprint density at radius 3 is 3.17 bits per heavy atom. The average Bonchev–Trinajstić information content (AvgIpc) is 2.67. The molecule has 1 aromatic heterocycles. The second kappa shape index (κ2) is 4.44. The molecule has 4 nitrogen and oxygen atoms in total. The average molecular weight is 244 g/mol. The van der Waals surface area contributed by atoms with Crippen molar-refractivity contribution in [1.82, 2.24) is 9.88 Å². The fraction of sp³-hybridized carbons (Fsp3) is 0.429. The first-order valence-corrected chi connectivity index (χ1v) is 6.29. The number of hydrogen-bond acceptors (Lipinski definition) is 3. The lowest BCUT2D eigenvalue weighted by Crippen LogP contribution is -2.42. The Hall–Kier alpha value is -1.84. The van der Waals surface area contributed by atoms with Crippen LogP contribution in [0.4, 0.5) is 0 Å². The zero-order chi connectivity index (χ0) is 12.5. The molecular weight excluding hydrogens is 228 g/mol. The van der Waals surface area contributed by atoms with Gasteiger partial charge in [-0.2, -0.15) is 0 Å². The van der Waals surface area contributed by atoms with Gasteiger partial charge in [0.2, 0.25) is 5.88 Å². The predicted octanol–water partition coefficient (Wildman–Crippen LogP) is 2.02. The molecule has 3 rings (SSSR count). The molecule has 0 aromatic carbocycles. The largest absolute Gasteiger partial charge is 0.480 e. The van der Waals surface area contributed by atoms with E-state index in [1.165, 1.54) is 0 Å². The summed E-state index contributed by atoms with van der Waals surface area (Å²) in [6.45, 7) is 0. The zero-order valence-corrected chi connectivity index (χ0v) is 10.4. The second-order valence-corrected chi connectivity index (χ2v) is 4.74. The summed E-state index contributed by atoms with van der Waals surface area (Å²) in [4.78, 5) is 18.7. The van der Waals surface area contributed by atoms with Crippen LogP contribution >= 0.6 is 0 Å². The second-order valence-electron chi connectivity index (χ2n) is 4.74. The Morgan fingerprint density at radius 2 is 2.39 bits per heavy atom. The Bertz CT molecular complexity index is 498. The summed E-state index contributed by atoms with van der Waals surface area (Å²) in [5.74, 6) is 0.452. The van der Waals surface area contributed by atoms with Crippen molar-refractivity contribution in [1.29, 1.82) is 0 Å². The van der Waals surface area contributed by atoms with Gasteiger partial charge in [0.05, 0.1) is 13.2 Å². The molecule has 18 heavy (non-hydrogen) atoms. The van der Waals surface area contributed by atoms with Crippen molar-refractivity contribution >= 4 is 5.91 Å². The quantitative estimate of drug-likeness (QED) is 0.747. The molecule has 0 saturated carbocycles. The summed E-state index contributed by atoms with van der Waals surface area (Å²) in [6.07, 6.45) is 9.09. The minimum atomic E-state index is 0.0387. The number of amides is 1. The third kappa shape index (κ3) is 1.68. The van der Waals surface area contributed by atoms with Gasteiger partial charge in [-0.05, 0) is 31.4 Å². The van der Waals surface area contributed by atoms with Gasteiger partial charge in [0.15, 0.2) is 0 Å². The predicted molar refractivity (Wildman–Crippen MR) is 67.5 cm³/mol. The van der Waals surface area contributed by atoms with Crippen LogP contribution < -0.4 is 4.74 Å². The molecule has 0 N–H and O–H groups in total. The maximum absolute atomic E-state index is 12.6. The van der Waals surface area contributed by atoms with Gasteiger partial charge in [-0.25, -0.2) is 4.98 Å². The molecule has 94 valence electrons. The molecule has 2 aliphatic rings. The third-order valence-corrected chi connectivity index (χ3v) is 3.74. The highest BCUT2D eigenvalue weighted by Crippen LogP contribution is 2.33. The standard InChI is InChI=1S/C14H16N2O2/c1-18-13-12(6-3-9-15-13)14(17)16-10-4-2-5-11(16)8-7-10/h2-4,6,9-11H,5,7-8H2,1H3/t10-,11-/m0/s1. The normalized spacial score (nSPS) is 25.3. The summed E-state index contributed by atoms with van der Waals surface area (Å²) >= 11 is 0. The highest BCUT2D eigenvalue weighted by molar-refractivity contribution is 5.97. The van der Waals surface area contributed by atoms with Gasteiger partial charge in [0, 0.05) is 12.2 Å². The summed E-state index contributed by atoms with van der Waals surface area (Å²) < 4.78 is 5.17. The fourth-order valence-electron chi connectivity index (χ4n) is 2.90. The van der Waals surface area contributed by atoms with Crippen LogP contribution in [-0.4, -0.2) is 35.0 Å². The Morgan fingerprint density at radius 1 is 1.50 bits per heavy atom. The number of nitrogens with zero attached hydrogens (tertiary/aromatic N) is 2. The van der Waals surface area contributed by atoms with Crippen molar-refractivity contribution in [3.05, 3.63) is 36.0 Å². The van der Waals surface area contributed by atoms with Crippen molar-refractivity contribution in [3.63, 3.8) is 0 Å². The maximum Gasteiger partial charge on any atom is 0.260 e. The van der Waals surface area contributed by atoms with Crippen LogP contribution in [0.15, 0.2) is 30.5 Å². The molecule has 1 saturated heterocycles. The van der Waals surface area contributed by atoms with E-state index >= 15 is 0 Å². The van der Waals surface area contributed by atoms with Crippen molar-refractivity contribution in [3.8, 4) is 5.88 Å². The number of ether oxygens (including phenoxy) is 1. The molecule has 2 aliphatic heterocycles. The minimum absolute atomic E-state index is 0.0387. The summed E-state index contributed by atoms with van der Waals surface area (Å²) in [5.41, 5.74) is 0.562. The lowest BCUT2D eigenvalue weighted by Gasteiger charge is -2.31. The lowest BCUT2D eigenvalue weighted by molar-refractivity contribution is 0.0684. The SMILES string of the molecule is COc1ncccc1C(=O)N1[C@H]2CC=C[C@H]1CC2. The molecule has 3 heterocycles. The molecule has 0 unspecified atom stereocenters. The summed E-state index contributed by atoms with van der Waals surface area (Å²) in [7, 11) is 1.55. The molecule has 1 aromatic rings. The molecule has 4 heteroatoms. The zero-order valence-electron chi connectivity index (χ0n) is 10.4. The van der Waals surface area contributed by atoms with E-state index in [2.05, 4.69) is 17.1 Å². The molecule has 0 aliphatic carbocycles. The van der Waals surface area contributed by atoms with Crippen LogP contribution in [0.25, 0.3) is 0 Å². The van der Waals surface area contributed by atoms with Crippen molar-refractivity contribution in [2.45, 2.75) is 31.3 Å². The van der Waals surface area contributed by atoms with E-state index in [0.29, 0.717) is 17.5 Å². The smallest absolute Gasteiger partial charge is 0.260 e. The third-order valence-electron chi connectivity index (χ3n) is 3.74. The first-order chi connectivity index (χ1) is 8.81. The maximum atomic E-state index is 12.6. The monoisotopic (exact) mass is 244 g/mol. The molecule has 0 radical (unpaired) electrons. The molecule has 0 spiro atoms. The summed E-state index contributed by atoms with van der Waals surface area (Å²) in [6, 6.07) is 4.15. The number of aromatic nitrogens is 1. The van der Waals surface area contributed by atoms with Gasteiger partial charge in [0.25, 0.3) is 5.91 Å². The van der Waals surface area contributed by atoms with Gasteiger partial charge in [-0.1, -0.05) is 12.2 Å². The number of carbonyl (C=O) groups is 1. The van der Waals surface area contributed by atoms with Gasteiger partial charge in [0.1, 0.15) is 5.56 Å². The van der Waals surface area contributed by atoms with Crippen LogP contribution in [0.3, 0.4) is 0 Å². The molecule has 1 fully saturated rings. The number of methoxy groups -OCH3 is 1. The lowest BCUT2D eigenvalue weighted by atomic mass is 10.1. The van der Waals surface area contributed by atoms with Crippen molar-refractivity contribution < 1.29 is 9.53 Å². The van der Waals surface area contributed by atoms with Crippen molar-refractivity contribution in [2.24, 2.45) is 0 Å². The Labute approximate surface area is 106 Å². The van der Waals surface area contributed by atoms with Crippen LogP contribution in [-0.2, 0) is 0 Å². The van der Waals surface area contributed by atoms with Crippen LogP contribution in [0.1, 0.15) is 29.6 Å². The number of fused-ring (bicyclic) bond motifs is 2. The van der Waals surface area contributed by atoms with Crippen LogP contribution in [0, 0.1) is 0 Å². The highest BCUT2D eigenvalue weighted by atomic mass is 16.5. The molecule has 1 amide bonds. The van der Waals surface area contributed by atoms with Gasteiger partial charge in [-0.3, -0.25) is 4.79 Å². The van der Waals surface area contributed by atoms with E-state index in [4.69, 9.17) is 4.74 Å². The number of rotatable bonds is 2. The summed E-state index contributed by atoms with van der Waals surface area (Å²) in [5, 5.41) is 0. The van der Waals surface area contributed by atoms with Crippen LogP contribution in [0.2, 0.25) is 0 Å². The van der Waals surface area contributed by atoms with E-state index in [1.54, 1.807) is 25.4 Å². The number of carbonyl (C=O) groups excluding carboxylic acids is 1. The Balaban J connectivity index is 1.93. The van der Waals surface area contributed by atoms with E-state index in [1.807, 2.05) is 4.90 Å². The first kappa shape index (κ1) is 11.3. The van der Waals surface area contributed by atoms with E-state index in [0.717, 1.165) is 19.3 Å². The van der Waals surface area contributed by atoms with E-state index < -0.39 is 0 Å². The number of pyridine rings is 1. The molecule has 2 bridgehead atoms. The van der Waals surface area contributed by atoms with Gasteiger partial charge >= 0.3 is 0 Å². The van der Waals surface area contributed by atoms with Gasteiger partial charge < -0.3 is 9.64 Å². The number of hydrogen-bond donors (Lipinski definition) is 0. The molecule has 2 atom stereocenters. The minimum Gasteiger partial charge on any atom is -0.480 e. The van der Waals surface area contributed by atoms with Crippen molar-refractivity contribution in [2.75, 3.05) is 7.11 Å². The van der Waals surface area contributed by atoms with Crippen LogP contribution in [0.5, 0.6) is 5.88 Å². The Kier molecular flexibility index (Phi) is 2.78. The molecular formula is C14H16N2O2. The highest BCUT2D eigenvalue weighted by Gasteiger charge is 2.38. The van der Waals surface area contributed by atoms with E-state index in [9.17, 15) is 4.79 Å². The van der Waals surface area contributed by atoms with Gasteiger partial charge in [-0.15, -0.1) is 0 Å². The van der Waals surface area contributed by atoms with E-state index in [-0.39, 0.29) is 11.9 Å². The fourth-order valence-corrected chi connectivity index (χ4v) is 2.90. The first-order valence-electron chi connectivity index (χ1n) is 6.29. The topological polar surface area (TPSA) is 42.4 Å².